The van der Waals surface area contributed by atoms with Crippen LogP contribution in [-0.4, -0.2) is 77.5 Å². The zero-order valence-corrected chi connectivity index (χ0v) is 16.4. The number of methoxy groups -OCH3 is 1. The minimum Gasteiger partial charge on any atom is -0.383 e. The molecule has 0 unspecified atom stereocenters. The minimum absolute atomic E-state index is 0.00909. The third-order valence-corrected chi connectivity index (χ3v) is 5.56. The summed E-state index contributed by atoms with van der Waals surface area (Å²) < 4.78 is 12.7. The Bertz CT molecular complexity index is 856. The van der Waals surface area contributed by atoms with Crippen LogP contribution in [0.1, 0.15) is 20.8 Å². The third-order valence-electron chi connectivity index (χ3n) is 5.56. The highest BCUT2D eigenvalue weighted by molar-refractivity contribution is 5.94. The molecular weight excluding hydrogens is 374 g/mol. The summed E-state index contributed by atoms with van der Waals surface area (Å²) in [6.45, 7) is 3.43. The van der Waals surface area contributed by atoms with E-state index in [0.29, 0.717) is 50.7 Å². The molecule has 9 heteroatoms. The van der Waals surface area contributed by atoms with Gasteiger partial charge in [-0.1, -0.05) is 0 Å². The summed E-state index contributed by atoms with van der Waals surface area (Å²) in [5.74, 6) is 0.160. The van der Waals surface area contributed by atoms with Crippen LogP contribution in [0.25, 0.3) is 0 Å². The van der Waals surface area contributed by atoms with Gasteiger partial charge >= 0.3 is 0 Å². The van der Waals surface area contributed by atoms with Gasteiger partial charge in [-0.15, -0.1) is 0 Å². The quantitative estimate of drug-likeness (QED) is 0.726. The molecule has 0 radical (unpaired) electrons. The molecule has 2 aliphatic heterocycles. The number of nitrogens with one attached hydrogen (secondary N) is 1. The lowest BCUT2D eigenvalue weighted by molar-refractivity contribution is 0.0669. The van der Waals surface area contributed by atoms with Crippen LogP contribution in [0, 0.1) is 11.8 Å². The molecule has 0 aromatic carbocycles. The standard InChI is InChI=1S/C20H25N5O4/c1-28-8-7-25-6-4-17(23-25)20(27)24-11-16-15(13-29-18(16)12-24)10-22-19(26)14-3-2-5-21-9-14/h2-6,9,15-16,18H,7-8,10-13H2,1H3,(H,22,26)/t15-,16-,18-/m1/s1. The highest BCUT2D eigenvalue weighted by atomic mass is 16.5. The molecule has 0 bridgehead atoms. The monoisotopic (exact) mass is 399 g/mol. The zero-order valence-electron chi connectivity index (χ0n) is 16.4. The molecule has 2 aromatic rings. The zero-order chi connectivity index (χ0) is 20.2. The van der Waals surface area contributed by atoms with Crippen LogP contribution in [0.2, 0.25) is 0 Å². The molecular formula is C20H25N5O4. The molecule has 2 aliphatic rings. The SMILES string of the molecule is COCCn1ccc(C(=O)N2C[C@@H]3[C@H](CNC(=O)c4cccnc4)CO[C@@H]3C2)n1. The third kappa shape index (κ3) is 4.30. The Kier molecular flexibility index (Phi) is 5.86. The lowest BCUT2D eigenvalue weighted by Crippen LogP contribution is -2.35. The second kappa shape index (κ2) is 8.71. The maximum Gasteiger partial charge on any atom is 0.274 e. The Hall–Kier alpha value is -2.78. The number of likely N-dealkylation sites (tertiary alicyclic amines) is 1. The first-order chi connectivity index (χ1) is 14.2. The van der Waals surface area contributed by atoms with E-state index in [9.17, 15) is 9.59 Å². The number of aromatic nitrogens is 3. The van der Waals surface area contributed by atoms with Crippen LogP contribution in [0.4, 0.5) is 0 Å². The van der Waals surface area contributed by atoms with Crippen LogP contribution in [-0.2, 0) is 16.0 Å². The molecule has 2 saturated heterocycles. The Morgan fingerprint density at radius 2 is 2.24 bits per heavy atom. The van der Waals surface area contributed by atoms with Gasteiger partial charge in [0, 0.05) is 57.2 Å². The fourth-order valence-electron chi connectivity index (χ4n) is 3.95. The van der Waals surface area contributed by atoms with Gasteiger partial charge < -0.3 is 19.7 Å². The summed E-state index contributed by atoms with van der Waals surface area (Å²) in [6.07, 6.45) is 4.98. The van der Waals surface area contributed by atoms with E-state index in [1.54, 1.807) is 53.5 Å². The van der Waals surface area contributed by atoms with Crippen molar-refractivity contribution in [2.24, 2.45) is 11.8 Å². The predicted molar refractivity (Wildman–Crippen MR) is 103 cm³/mol. The number of hydrogen-bond donors (Lipinski definition) is 1. The molecule has 4 heterocycles. The summed E-state index contributed by atoms with van der Waals surface area (Å²) in [4.78, 5) is 30.8. The number of carbonyl (C=O) groups is 2. The lowest BCUT2D eigenvalue weighted by Gasteiger charge is -2.19. The fourth-order valence-corrected chi connectivity index (χ4v) is 3.95. The van der Waals surface area contributed by atoms with Crippen molar-refractivity contribution in [3.8, 4) is 0 Å². The molecule has 0 saturated carbocycles. The van der Waals surface area contributed by atoms with Crippen LogP contribution in [0.15, 0.2) is 36.8 Å². The van der Waals surface area contributed by atoms with Gasteiger partial charge in [0.05, 0.1) is 31.4 Å². The maximum atomic E-state index is 12.8. The number of rotatable bonds is 7. The van der Waals surface area contributed by atoms with E-state index in [2.05, 4.69) is 15.4 Å². The molecule has 0 aliphatic carbocycles. The van der Waals surface area contributed by atoms with Gasteiger partial charge in [0.1, 0.15) is 5.69 Å². The molecule has 0 spiro atoms. The first-order valence-electron chi connectivity index (χ1n) is 9.77. The molecule has 29 heavy (non-hydrogen) atoms. The summed E-state index contributed by atoms with van der Waals surface area (Å²) >= 11 is 0. The number of carbonyl (C=O) groups excluding carboxylic acids is 2. The molecule has 2 aromatic heterocycles. The van der Waals surface area contributed by atoms with E-state index in [1.165, 1.54) is 0 Å². The second-order valence-corrected chi connectivity index (χ2v) is 7.41. The number of ether oxygens (including phenoxy) is 2. The van der Waals surface area contributed by atoms with Crippen molar-refractivity contribution in [3.05, 3.63) is 48.0 Å². The lowest BCUT2D eigenvalue weighted by atomic mass is 9.93. The van der Waals surface area contributed by atoms with E-state index in [0.717, 1.165) is 0 Å². The van der Waals surface area contributed by atoms with Crippen molar-refractivity contribution >= 4 is 11.8 Å². The average molecular weight is 399 g/mol. The topological polar surface area (TPSA) is 98.6 Å². The van der Waals surface area contributed by atoms with Crippen molar-refractivity contribution in [2.75, 3.05) is 40.0 Å². The smallest absolute Gasteiger partial charge is 0.274 e. The number of nitrogens with zero attached hydrogens (tertiary/aromatic N) is 4. The van der Waals surface area contributed by atoms with Crippen molar-refractivity contribution < 1.29 is 19.1 Å². The molecule has 154 valence electrons. The van der Waals surface area contributed by atoms with E-state index >= 15 is 0 Å². The van der Waals surface area contributed by atoms with Gasteiger partial charge in [-0.25, -0.2) is 0 Å². The van der Waals surface area contributed by atoms with Gasteiger partial charge in [-0.2, -0.15) is 5.10 Å². The average Bonchev–Trinajstić information content (AvgIpc) is 3.47. The minimum atomic E-state index is -0.144. The molecule has 9 nitrogen and oxygen atoms in total. The maximum absolute atomic E-state index is 12.8. The molecule has 1 N–H and O–H groups in total. The Morgan fingerprint density at radius 1 is 1.34 bits per heavy atom. The number of pyridine rings is 1. The summed E-state index contributed by atoms with van der Waals surface area (Å²) in [7, 11) is 1.63. The van der Waals surface area contributed by atoms with Crippen LogP contribution in [0.5, 0.6) is 0 Å². The van der Waals surface area contributed by atoms with E-state index in [1.807, 2.05) is 0 Å². The number of amides is 2. The first-order valence-corrected chi connectivity index (χ1v) is 9.77. The van der Waals surface area contributed by atoms with Crippen LogP contribution < -0.4 is 5.32 Å². The number of fused-ring (bicyclic) bond motifs is 1. The Balaban J connectivity index is 1.32. The van der Waals surface area contributed by atoms with Crippen LogP contribution >= 0.6 is 0 Å². The normalized spacial score (nSPS) is 23.2. The van der Waals surface area contributed by atoms with Crippen LogP contribution in [0.3, 0.4) is 0 Å². The highest BCUT2D eigenvalue weighted by Crippen LogP contribution is 2.33. The van der Waals surface area contributed by atoms with E-state index in [4.69, 9.17) is 9.47 Å². The fraction of sp³-hybridized carbons (Fsp3) is 0.500. The first kappa shape index (κ1) is 19.5. The van der Waals surface area contributed by atoms with Gasteiger partial charge in [0.15, 0.2) is 0 Å². The van der Waals surface area contributed by atoms with E-state index < -0.39 is 0 Å². The van der Waals surface area contributed by atoms with Crippen molar-refractivity contribution in [1.29, 1.82) is 0 Å². The molecule has 2 amide bonds. The Labute approximate surface area is 169 Å². The molecule has 3 atom stereocenters. The van der Waals surface area contributed by atoms with Gasteiger partial charge in [0.25, 0.3) is 11.8 Å². The van der Waals surface area contributed by atoms with Crippen molar-refractivity contribution in [3.63, 3.8) is 0 Å². The van der Waals surface area contributed by atoms with Gasteiger partial charge in [-0.3, -0.25) is 19.3 Å². The molecule has 2 fully saturated rings. The summed E-state index contributed by atoms with van der Waals surface area (Å²) in [5, 5.41) is 7.30. The summed E-state index contributed by atoms with van der Waals surface area (Å²) in [6, 6.07) is 5.21. The Morgan fingerprint density at radius 3 is 3.03 bits per heavy atom. The second-order valence-electron chi connectivity index (χ2n) is 7.41. The van der Waals surface area contributed by atoms with Gasteiger partial charge in [-0.05, 0) is 18.2 Å². The highest BCUT2D eigenvalue weighted by Gasteiger charge is 2.45. The van der Waals surface area contributed by atoms with E-state index in [-0.39, 0.29) is 29.8 Å². The largest absolute Gasteiger partial charge is 0.383 e. The number of hydrogen-bond acceptors (Lipinski definition) is 6. The molecule has 4 rings (SSSR count). The van der Waals surface area contributed by atoms with Crippen molar-refractivity contribution in [2.45, 2.75) is 12.6 Å². The van der Waals surface area contributed by atoms with Gasteiger partial charge in [0.2, 0.25) is 0 Å². The van der Waals surface area contributed by atoms with Crippen molar-refractivity contribution in [1.82, 2.24) is 25.0 Å². The summed E-state index contributed by atoms with van der Waals surface area (Å²) in [5.41, 5.74) is 0.970. The predicted octanol–water partition coefficient (Wildman–Crippen LogP) is 0.442.